The Balaban J connectivity index is 1.67. The smallest absolute Gasteiger partial charge is 0.296 e. The van der Waals surface area contributed by atoms with E-state index >= 15 is 0 Å². The van der Waals surface area contributed by atoms with Gasteiger partial charge in [0.15, 0.2) is 5.43 Å². The zero-order valence-electron chi connectivity index (χ0n) is 19.6. The first kappa shape index (κ1) is 23.1. The molecule has 1 aliphatic rings. The van der Waals surface area contributed by atoms with Gasteiger partial charge in [0.2, 0.25) is 5.76 Å². The molecule has 178 valence electrons. The molecule has 3 heterocycles. The van der Waals surface area contributed by atoms with Crippen molar-refractivity contribution in [1.29, 1.82) is 0 Å². The molecule has 0 bridgehead atoms. The van der Waals surface area contributed by atoms with Crippen LogP contribution in [0.25, 0.3) is 11.0 Å². The Kier molecular flexibility index (Phi) is 6.31. The molecule has 0 saturated carbocycles. The van der Waals surface area contributed by atoms with Crippen LogP contribution in [0, 0.1) is 6.92 Å². The van der Waals surface area contributed by atoms with Gasteiger partial charge >= 0.3 is 0 Å². The fourth-order valence-corrected chi connectivity index (χ4v) is 4.58. The Morgan fingerprint density at radius 2 is 1.94 bits per heavy atom. The normalized spacial score (nSPS) is 15.0. The highest BCUT2D eigenvalue weighted by Crippen LogP contribution is 2.41. The number of rotatable bonds is 7. The van der Waals surface area contributed by atoms with Crippen LogP contribution in [-0.4, -0.2) is 17.5 Å². The number of amides is 1. The van der Waals surface area contributed by atoms with Crippen LogP contribution in [0.3, 0.4) is 0 Å². The topological polar surface area (TPSA) is 72.6 Å². The molecule has 0 N–H and O–H groups in total. The Morgan fingerprint density at radius 3 is 2.71 bits per heavy atom. The van der Waals surface area contributed by atoms with E-state index in [1.807, 2.05) is 37.3 Å². The second-order valence-electron chi connectivity index (χ2n) is 8.71. The third-order valence-corrected chi connectivity index (χ3v) is 6.40. The Hall–Kier alpha value is -3.64. The lowest BCUT2D eigenvalue weighted by Gasteiger charge is -2.24. The first-order valence-electron chi connectivity index (χ1n) is 11.7. The number of carbonyl (C=O) groups is 1. The fraction of sp³-hybridized carbons (Fsp3) is 0.250. The van der Waals surface area contributed by atoms with Gasteiger partial charge in [0.05, 0.1) is 28.6 Å². The number of carbonyl (C=O) groups excluding carboxylic acids is 1. The van der Waals surface area contributed by atoms with Gasteiger partial charge in [-0.1, -0.05) is 55.1 Å². The molecule has 2 aromatic heterocycles. The highest BCUT2D eigenvalue weighted by Gasteiger charge is 2.44. The van der Waals surface area contributed by atoms with Gasteiger partial charge in [-0.3, -0.25) is 14.5 Å². The molecule has 0 aliphatic carbocycles. The van der Waals surface area contributed by atoms with Gasteiger partial charge in [-0.15, -0.1) is 0 Å². The number of hydrogen-bond donors (Lipinski definition) is 0. The van der Waals surface area contributed by atoms with E-state index in [4.69, 9.17) is 20.8 Å². The predicted octanol–water partition coefficient (Wildman–Crippen LogP) is 6.47. The van der Waals surface area contributed by atoms with Crippen LogP contribution < -0.4 is 15.1 Å². The average Bonchev–Trinajstić information content (AvgIpc) is 3.15. The Bertz CT molecular complexity index is 1460. The van der Waals surface area contributed by atoms with Crippen LogP contribution in [0.4, 0.5) is 5.82 Å². The molecule has 7 heteroatoms. The molecule has 0 spiro atoms. The lowest BCUT2D eigenvalue weighted by molar-refractivity contribution is 0.0970. The number of halogens is 1. The summed E-state index contributed by atoms with van der Waals surface area (Å²) in [5, 5.41) is 0.895. The zero-order chi connectivity index (χ0) is 24.5. The average molecular weight is 489 g/mol. The van der Waals surface area contributed by atoms with Crippen molar-refractivity contribution in [2.75, 3.05) is 11.5 Å². The van der Waals surface area contributed by atoms with Crippen molar-refractivity contribution in [1.82, 2.24) is 4.98 Å². The number of aryl methyl sites for hydroxylation is 1. The molecule has 1 amide bonds. The van der Waals surface area contributed by atoms with E-state index in [9.17, 15) is 9.59 Å². The fourth-order valence-electron chi connectivity index (χ4n) is 4.47. The minimum Gasteiger partial charge on any atom is -0.494 e. The Morgan fingerprint density at radius 1 is 1.09 bits per heavy atom. The van der Waals surface area contributed by atoms with E-state index in [1.54, 1.807) is 24.3 Å². The standard InChI is InChI=1S/C28H25ClN2O4/c1-3-4-5-13-34-20-8-6-7-18(15-20)25-24-26(32)21-14-17(2)9-11-22(21)35-27(24)28(33)31(25)23-12-10-19(29)16-30-23/h6-12,14-16,25H,3-5,13H2,1-2H3. The summed E-state index contributed by atoms with van der Waals surface area (Å²) in [7, 11) is 0. The molecule has 0 radical (unpaired) electrons. The molecule has 6 nitrogen and oxygen atoms in total. The molecule has 5 rings (SSSR count). The SMILES string of the molecule is CCCCCOc1cccc(C2c3c(oc4ccc(C)cc4c3=O)C(=O)N2c2ccc(Cl)cn2)c1. The van der Waals surface area contributed by atoms with E-state index < -0.39 is 11.9 Å². The number of fused-ring (bicyclic) bond motifs is 2. The summed E-state index contributed by atoms with van der Waals surface area (Å²) in [6, 6.07) is 15.5. The van der Waals surface area contributed by atoms with E-state index in [-0.39, 0.29) is 11.2 Å². The van der Waals surface area contributed by atoms with Crippen LogP contribution >= 0.6 is 11.6 Å². The maximum Gasteiger partial charge on any atom is 0.296 e. The first-order valence-corrected chi connectivity index (χ1v) is 12.1. The van der Waals surface area contributed by atoms with Crippen molar-refractivity contribution in [3.8, 4) is 5.75 Å². The molecule has 1 atom stereocenters. The maximum absolute atomic E-state index is 13.8. The van der Waals surface area contributed by atoms with E-state index in [2.05, 4.69) is 11.9 Å². The van der Waals surface area contributed by atoms with Crippen molar-refractivity contribution < 1.29 is 13.9 Å². The summed E-state index contributed by atoms with van der Waals surface area (Å²) < 4.78 is 12.0. The minimum absolute atomic E-state index is 0.0300. The summed E-state index contributed by atoms with van der Waals surface area (Å²) in [6.45, 7) is 4.66. The van der Waals surface area contributed by atoms with Gasteiger partial charge in [0.1, 0.15) is 17.2 Å². The van der Waals surface area contributed by atoms with Gasteiger partial charge in [0, 0.05) is 6.20 Å². The van der Waals surface area contributed by atoms with Crippen molar-refractivity contribution in [3.63, 3.8) is 0 Å². The second-order valence-corrected chi connectivity index (χ2v) is 9.15. The van der Waals surface area contributed by atoms with Crippen LogP contribution in [0.1, 0.15) is 59.5 Å². The number of hydrogen-bond acceptors (Lipinski definition) is 5. The maximum atomic E-state index is 13.8. The summed E-state index contributed by atoms with van der Waals surface area (Å²) in [5.74, 6) is 0.672. The molecule has 1 unspecified atom stereocenters. The largest absolute Gasteiger partial charge is 0.494 e. The molecule has 0 fully saturated rings. The lowest BCUT2D eigenvalue weighted by Crippen LogP contribution is -2.30. The van der Waals surface area contributed by atoms with Gasteiger partial charge < -0.3 is 9.15 Å². The van der Waals surface area contributed by atoms with Crippen LogP contribution in [0.2, 0.25) is 5.02 Å². The van der Waals surface area contributed by atoms with Crippen molar-refractivity contribution in [2.45, 2.75) is 39.2 Å². The van der Waals surface area contributed by atoms with Crippen molar-refractivity contribution in [3.05, 3.63) is 98.5 Å². The van der Waals surface area contributed by atoms with Crippen molar-refractivity contribution in [2.24, 2.45) is 0 Å². The summed E-state index contributed by atoms with van der Waals surface area (Å²) in [6.07, 6.45) is 4.64. The summed E-state index contributed by atoms with van der Waals surface area (Å²) in [4.78, 5) is 33.3. The third-order valence-electron chi connectivity index (χ3n) is 6.17. The third kappa shape index (κ3) is 4.30. The molecular weight excluding hydrogens is 464 g/mol. The minimum atomic E-state index is -0.716. The monoisotopic (exact) mass is 488 g/mol. The molecule has 35 heavy (non-hydrogen) atoms. The van der Waals surface area contributed by atoms with E-state index in [0.717, 1.165) is 30.4 Å². The number of unbranched alkanes of at least 4 members (excludes halogenated alkanes) is 2. The van der Waals surface area contributed by atoms with Crippen LogP contribution in [0.5, 0.6) is 5.75 Å². The van der Waals surface area contributed by atoms with Gasteiger partial charge in [0.25, 0.3) is 5.91 Å². The lowest BCUT2D eigenvalue weighted by atomic mass is 9.98. The first-order chi connectivity index (χ1) is 17.0. The van der Waals surface area contributed by atoms with Gasteiger partial charge in [-0.05, 0) is 55.3 Å². The van der Waals surface area contributed by atoms with Crippen LogP contribution in [0.15, 0.2) is 70.0 Å². The number of pyridine rings is 1. The van der Waals surface area contributed by atoms with Gasteiger partial charge in [-0.2, -0.15) is 0 Å². The predicted molar refractivity (Wildman–Crippen MR) is 137 cm³/mol. The van der Waals surface area contributed by atoms with Crippen molar-refractivity contribution >= 4 is 34.3 Å². The number of benzene rings is 2. The number of ether oxygens (including phenoxy) is 1. The highest BCUT2D eigenvalue weighted by atomic mass is 35.5. The summed E-state index contributed by atoms with van der Waals surface area (Å²) in [5.41, 5.74) is 2.12. The molecule has 1 aliphatic heterocycles. The molecule has 2 aromatic carbocycles. The summed E-state index contributed by atoms with van der Waals surface area (Å²) >= 11 is 6.05. The van der Waals surface area contributed by atoms with E-state index in [0.29, 0.717) is 39.7 Å². The van der Waals surface area contributed by atoms with Gasteiger partial charge in [-0.25, -0.2) is 4.98 Å². The number of nitrogens with zero attached hydrogens (tertiary/aromatic N) is 2. The Labute approximate surface area is 208 Å². The molecular formula is C28H25ClN2O4. The van der Waals surface area contributed by atoms with E-state index in [1.165, 1.54) is 11.1 Å². The zero-order valence-corrected chi connectivity index (χ0v) is 20.3. The highest BCUT2D eigenvalue weighted by molar-refractivity contribution is 6.30. The molecule has 0 saturated heterocycles. The second kappa shape index (κ2) is 9.55. The number of anilines is 1. The van der Waals surface area contributed by atoms with Crippen LogP contribution in [-0.2, 0) is 0 Å². The molecule has 4 aromatic rings. The quantitative estimate of drug-likeness (QED) is 0.279. The number of aromatic nitrogens is 1.